The summed E-state index contributed by atoms with van der Waals surface area (Å²) in [6.45, 7) is 1.33. The monoisotopic (exact) mass is 355 g/mol. The molecule has 1 aliphatic heterocycles. The minimum absolute atomic E-state index is 0.0359. The summed E-state index contributed by atoms with van der Waals surface area (Å²) in [5.41, 5.74) is 3.38. The third-order valence-corrected chi connectivity index (χ3v) is 4.55. The number of benzene rings is 2. The summed E-state index contributed by atoms with van der Waals surface area (Å²) >= 11 is 0. The van der Waals surface area contributed by atoms with Gasteiger partial charge in [-0.2, -0.15) is 0 Å². The Kier molecular flexibility index (Phi) is 6.00. The molecule has 2 aromatic rings. The van der Waals surface area contributed by atoms with Gasteiger partial charge in [0, 0.05) is 13.0 Å². The second-order valence-electron chi connectivity index (χ2n) is 6.36. The number of carbonyl (C=O) groups excluding carboxylic acids is 1. The molecule has 5 nitrogen and oxygen atoms in total. The predicted octanol–water partition coefficient (Wildman–Crippen LogP) is 3.28. The Morgan fingerprint density at radius 3 is 2.69 bits per heavy atom. The summed E-state index contributed by atoms with van der Waals surface area (Å²) in [6.07, 6.45) is 3.18. The van der Waals surface area contributed by atoms with Crippen molar-refractivity contribution in [2.75, 3.05) is 20.8 Å². The Hall–Kier alpha value is -2.69. The first-order valence-corrected chi connectivity index (χ1v) is 8.92. The maximum atomic E-state index is 12.2. The van der Waals surface area contributed by atoms with Crippen molar-refractivity contribution in [2.24, 2.45) is 0 Å². The summed E-state index contributed by atoms with van der Waals surface area (Å²) in [5, 5.41) is 2.99. The number of ether oxygens (including phenoxy) is 3. The molecule has 1 aliphatic rings. The van der Waals surface area contributed by atoms with E-state index in [9.17, 15) is 4.79 Å². The van der Waals surface area contributed by atoms with E-state index < -0.39 is 0 Å². The molecule has 0 radical (unpaired) electrons. The number of rotatable bonds is 7. The van der Waals surface area contributed by atoms with E-state index >= 15 is 0 Å². The third kappa shape index (κ3) is 4.48. The minimum Gasteiger partial charge on any atom is -0.493 e. The number of amides is 1. The average Bonchev–Trinajstić information content (AvgIpc) is 2.70. The van der Waals surface area contributed by atoms with Gasteiger partial charge in [0.05, 0.1) is 20.8 Å². The van der Waals surface area contributed by atoms with Crippen LogP contribution in [0.25, 0.3) is 0 Å². The molecular formula is C21H25NO4. The van der Waals surface area contributed by atoms with Crippen LogP contribution in [0.5, 0.6) is 17.2 Å². The van der Waals surface area contributed by atoms with Crippen molar-refractivity contribution in [2.45, 2.75) is 32.2 Å². The van der Waals surface area contributed by atoms with E-state index in [0.29, 0.717) is 30.9 Å². The zero-order chi connectivity index (χ0) is 18.4. The van der Waals surface area contributed by atoms with E-state index in [1.165, 1.54) is 5.56 Å². The normalized spacial score (nSPS) is 12.7. The van der Waals surface area contributed by atoms with Gasteiger partial charge < -0.3 is 19.5 Å². The molecule has 0 aromatic heterocycles. The molecule has 1 amide bonds. The Labute approximate surface area is 154 Å². The van der Waals surface area contributed by atoms with E-state index in [-0.39, 0.29) is 5.91 Å². The molecule has 0 unspecified atom stereocenters. The molecule has 2 aromatic carbocycles. The highest BCUT2D eigenvalue weighted by Crippen LogP contribution is 2.28. The van der Waals surface area contributed by atoms with Crippen LogP contribution in [0.1, 0.15) is 29.5 Å². The van der Waals surface area contributed by atoms with Crippen molar-refractivity contribution in [3.63, 3.8) is 0 Å². The van der Waals surface area contributed by atoms with Gasteiger partial charge in [-0.25, -0.2) is 0 Å². The highest BCUT2D eigenvalue weighted by atomic mass is 16.5. The number of hydrogen-bond acceptors (Lipinski definition) is 4. The predicted molar refractivity (Wildman–Crippen MR) is 100.0 cm³/mol. The van der Waals surface area contributed by atoms with Crippen LogP contribution in [0, 0.1) is 0 Å². The molecule has 0 saturated carbocycles. The van der Waals surface area contributed by atoms with Crippen LogP contribution in [0.2, 0.25) is 0 Å². The van der Waals surface area contributed by atoms with Crippen molar-refractivity contribution in [3.8, 4) is 17.2 Å². The lowest BCUT2D eigenvalue weighted by atomic mass is 10.0. The molecule has 0 spiro atoms. The maximum Gasteiger partial charge on any atom is 0.220 e. The van der Waals surface area contributed by atoms with Gasteiger partial charge in [0.1, 0.15) is 5.75 Å². The Balaban J connectivity index is 1.50. The lowest BCUT2D eigenvalue weighted by Crippen LogP contribution is -2.23. The van der Waals surface area contributed by atoms with E-state index in [4.69, 9.17) is 14.2 Å². The van der Waals surface area contributed by atoms with E-state index in [2.05, 4.69) is 11.4 Å². The number of hydrogen-bond donors (Lipinski definition) is 1. The molecule has 5 heteroatoms. The summed E-state index contributed by atoms with van der Waals surface area (Å²) in [5.74, 6) is 2.38. The standard InChI is InChI=1S/C21H25NO4/c1-24-19-9-5-15(13-20(19)25-2)7-10-21(23)22-14-16-6-8-18-17(12-16)4-3-11-26-18/h5-6,8-9,12-13H,3-4,7,10-11,14H2,1-2H3,(H,22,23). The number of carbonyl (C=O) groups is 1. The maximum absolute atomic E-state index is 12.2. The quantitative estimate of drug-likeness (QED) is 0.828. The fourth-order valence-corrected chi connectivity index (χ4v) is 3.11. The van der Waals surface area contributed by atoms with Crippen LogP contribution < -0.4 is 19.5 Å². The molecule has 0 aliphatic carbocycles. The van der Waals surface area contributed by atoms with E-state index in [0.717, 1.165) is 36.3 Å². The first kappa shape index (κ1) is 18.1. The van der Waals surface area contributed by atoms with Crippen molar-refractivity contribution >= 4 is 5.91 Å². The zero-order valence-electron chi connectivity index (χ0n) is 15.3. The second-order valence-corrected chi connectivity index (χ2v) is 6.36. The van der Waals surface area contributed by atoms with Crippen LogP contribution in [-0.4, -0.2) is 26.7 Å². The van der Waals surface area contributed by atoms with Gasteiger partial charge in [-0.05, 0) is 54.2 Å². The number of fused-ring (bicyclic) bond motifs is 1. The van der Waals surface area contributed by atoms with E-state index in [1.54, 1.807) is 14.2 Å². The van der Waals surface area contributed by atoms with Crippen LogP contribution in [0.4, 0.5) is 0 Å². The SMILES string of the molecule is COc1ccc(CCC(=O)NCc2ccc3c(c2)CCCO3)cc1OC. The Morgan fingerprint density at radius 2 is 1.88 bits per heavy atom. The zero-order valence-corrected chi connectivity index (χ0v) is 15.3. The molecule has 0 bridgehead atoms. The molecule has 1 N–H and O–H groups in total. The molecule has 1 heterocycles. The lowest BCUT2D eigenvalue weighted by molar-refractivity contribution is -0.121. The average molecular weight is 355 g/mol. The number of aryl methyl sites for hydroxylation is 2. The van der Waals surface area contributed by atoms with Gasteiger partial charge in [-0.15, -0.1) is 0 Å². The number of methoxy groups -OCH3 is 2. The molecule has 26 heavy (non-hydrogen) atoms. The Bertz CT molecular complexity index is 727. The minimum atomic E-state index is 0.0359. The highest BCUT2D eigenvalue weighted by molar-refractivity contribution is 5.76. The fourth-order valence-electron chi connectivity index (χ4n) is 3.11. The van der Waals surface area contributed by atoms with Gasteiger partial charge in [0.25, 0.3) is 0 Å². The third-order valence-electron chi connectivity index (χ3n) is 4.55. The largest absolute Gasteiger partial charge is 0.493 e. The Morgan fingerprint density at radius 1 is 1.08 bits per heavy atom. The first-order chi connectivity index (χ1) is 12.7. The van der Waals surface area contributed by atoms with Gasteiger partial charge in [-0.3, -0.25) is 4.79 Å². The van der Waals surface area contributed by atoms with Gasteiger partial charge in [-0.1, -0.05) is 18.2 Å². The van der Waals surface area contributed by atoms with Crippen molar-refractivity contribution < 1.29 is 19.0 Å². The van der Waals surface area contributed by atoms with Gasteiger partial charge in [0.2, 0.25) is 5.91 Å². The lowest BCUT2D eigenvalue weighted by Gasteiger charge is -2.18. The van der Waals surface area contributed by atoms with Gasteiger partial charge in [0.15, 0.2) is 11.5 Å². The summed E-state index contributed by atoms with van der Waals surface area (Å²) in [4.78, 5) is 12.2. The van der Waals surface area contributed by atoms with E-state index in [1.807, 2.05) is 30.3 Å². The fraction of sp³-hybridized carbons (Fsp3) is 0.381. The summed E-state index contributed by atoms with van der Waals surface area (Å²) < 4.78 is 16.1. The van der Waals surface area contributed by atoms with Gasteiger partial charge >= 0.3 is 0 Å². The number of nitrogens with one attached hydrogen (secondary N) is 1. The molecule has 0 atom stereocenters. The molecule has 3 rings (SSSR count). The van der Waals surface area contributed by atoms with Crippen LogP contribution in [0.15, 0.2) is 36.4 Å². The van der Waals surface area contributed by atoms with Crippen LogP contribution in [-0.2, 0) is 24.2 Å². The van der Waals surface area contributed by atoms with Crippen molar-refractivity contribution in [1.82, 2.24) is 5.32 Å². The molecular weight excluding hydrogens is 330 g/mol. The topological polar surface area (TPSA) is 56.8 Å². The van der Waals surface area contributed by atoms with Crippen molar-refractivity contribution in [3.05, 3.63) is 53.1 Å². The summed E-state index contributed by atoms with van der Waals surface area (Å²) in [6, 6.07) is 11.9. The summed E-state index contributed by atoms with van der Waals surface area (Å²) in [7, 11) is 3.22. The first-order valence-electron chi connectivity index (χ1n) is 8.92. The smallest absolute Gasteiger partial charge is 0.220 e. The van der Waals surface area contributed by atoms with Crippen LogP contribution in [0.3, 0.4) is 0 Å². The molecule has 0 saturated heterocycles. The second kappa shape index (κ2) is 8.61. The highest BCUT2D eigenvalue weighted by Gasteiger charge is 2.11. The van der Waals surface area contributed by atoms with Crippen molar-refractivity contribution in [1.29, 1.82) is 0 Å². The molecule has 138 valence electrons. The van der Waals surface area contributed by atoms with Crippen LogP contribution >= 0.6 is 0 Å². The molecule has 0 fully saturated rings.